The van der Waals surface area contributed by atoms with Gasteiger partial charge in [-0.3, -0.25) is 4.79 Å². The average Bonchev–Trinajstić information content (AvgIpc) is 3.09. The largest absolute Gasteiger partial charge is 0.493 e. The minimum absolute atomic E-state index is 0.0926. The highest BCUT2D eigenvalue weighted by Gasteiger charge is 2.33. The number of anilines is 2. The number of halogens is 2. The Hall–Kier alpha value is -2.68. The lowest BCUT2D eigenvalue weighted by molar-refractivity contribution is -0.0102. The highest BCUT2D eigenvalue weighted by molar-refractivity contribution is 7.72. The van der Waals surface area contributed by atoms with Crippen molar-refractivity contribution in [2.75, 3.05) is 29.9 Å². The minimum atomic E-state index is -2.77. The van der Waals surface area contributed by atoms with E-state index < -0.39 is 22.5 Å². The molecule has 9 heteroatoms. The zero-order valence-corrected chi connectivity index (χ0v) is 17.1. The number of thiol groups is 1. The highest BCUT2D eigenvalue weighted by Crippen LogP contribution is 2.36. The molecule has 0 aromatic heterocycles. The van der Waals surface area contributed by atoms with Crippen molar-refractivity contribution in [3.63, 3.8) is 0 Å². The van der Waals surface area contributed by atoms with Crippen LogP contribution in [0.25, 0.3) is 0 Å². The molecule has 30 heavy (non-hydrogen) atoms. The number of ether oxygens (including phenoxy) is 1. The van der Waals surface area contributed by atoms with E-state index in [4.69, 9.17) is 4.74 Å². The molecule has 0 saturated carbocycles. The summed E-state index contributed by atoms with van der Waals surface area (Å²) in [4.78, 5) is 15.0. The van der Waals surface area contributed by atoms with Gasteiger partial charge in [0.1, 0.15) is 5.75 Å². The molecule has 2 aromatic rings. The first-order chi connectivity index (χ1) is 14.3. The molecule has 1 N–H and O–H groups in total. The molecule has 2 aliphatic rings. The average molecular weight is 436 g/mol. The summed E-state index contributed by atoms with van der Waals surface area (Å²) in [7, 11) is -2.77. The predicted octanol–water partition coefficient (Wildman–Crippen LogP) is 3.47. The fraction of sp³-hybridized carbons (Fsp3) is 0.381. The van der Waals surface area contributed by atoms with E-state index in [1.807, 2.05) is 11.0 Å². The summed E-state index contributed by atoms with van der Waals surface area (Å²) in [5, 5.41) is 2.72. The summed E-state index contributed by atoms with van der Waals surface area (Å²) in [5.74, 6) is -2.54. The van der Waals surface area contributed by atoms with Gasteiger partial charge in [-0.15, -0.1) is 0 Å². The van der Waals surface area contributed by atoms with Crippen LogP contribution in [0, 0.1) is 0 Å². The summed E-state index contributed by atoms with van der Waals surface area (Å²) in [5.41, 5.74) is 2.20. The fourth-order valence-corrected chi connectivity index (χ4v) is 4.31. The van der Waals surface area contributed by atoms with Crippen LogP contribution in [-0.2, 0) is 17.1 Å². The van der Waals surface area contributed by atoms with Gasteiger partial charge < -0.3 is 15.0 Å². The zero-order chi connectivity index (χ0) is 21.3. The molecule has 0 bridgehead atoms. The Balaban J connectivity index is 1.66. The Morgan fingerprint density at radius 3 is 2.77 bits per heavy atom. The summed E-state index contributed by atoms with van der Waals surface area (Å²) >= 11 is 0. The molecule has 0 unspecified atom stereocenters. The van der Waals surface area contributed by atoms with Gasteiger partial charge in [0.25, 0.3) is 5.91 Å². The first-order valence-electron chi connectivity index (χ1n) is 9.81. The molecule has 0 aliphatic carbocycles. The third kappa shape index (κ3) is 4.40. The van der Waals surface area contributed by atoms with Crippen molar-refractivity contribution >= 4 is 28.0 Å². The number of nitrogens with zero attached hydrogens (tertiary/aromatic N) is 1. The fourth-order valence-electron chi connectivity index (χ4n) is 3.86. The SMILES string of the molecule is O=C(Nc1cccc([SH](=O)=O)c1)c1cc2c(cc1N1CCCC(F)(F)CC1)CCO2. The molecule has 0 radical (unpaired) electrons. The summed E-state index contributed by atoms with van der Waals surface area (Å²) < 4.78 is 55.7. The lowest BCUT2D eigenvalue weighted by atomic mass is 10.0. The number of nitrogens with one attached hydrogen (secondary N) is 1. The number of amides is 1. The van der Waals surface area contributed by atoms with Crippen LogP contribution in [-0.4, -0.2) is 39.9 Å². The second kappa shape index (κ2) is 8.22. The maximum Gasteiger partial charge on any atom is 0.257 e. The number of alkyl halides is 2. The van der Waals surface area contributed by atoms with E-state index in [2.05, 4.69) is 5.32 Å². The Labute approximate surface area is 174 Å². The van der Waals surface area contributed by atoms with Crippen LogP contribution in [0.3, 0.4) is 0 Å². The van der Waals surface area contributed by atoms with E-state index in [-0.39, 0.29) is 24.3 Å². The van der Waals surface area contributed by atoms with E-state index in [9.17, 15) is 22.0 Å². The summed E-state index contributed by atoms with van der Waals surface area (Å²) in [6.45, 7) is 1.09. The van der Waals surface area contributed by atoms with Crippen LogP contribution in [0.5, 0.6) is 5.75 Å². The molecule has 2 heterocycles. The number of hydrogen-bond acceptors (Lipinski definition) is 5. The van der Waals surface area contributed by atoms with Gasteiger partial charge in [0.05, 0.1) is 22.8 Å². The number of rotatable bonds is 4. The van der Waals surface area contributed by atoms with Crippen molar-refractivity contribution in [3.05, 3.63) is 47.5 Å². The monoisotopic (exact) mass is 436 g/mol. The van der Waals surface area contributed by atoms with Crippen LogP contribution in [0.2, 0.25) is 0 Å². The van der Waals surface area contributed by atoms with Gasteiger partial charge in [0.15, 0.2) is 10.7 Å². The number of carbonyl (C=O) groups is 1. The third-order valence-electron chi connectivity index (χ3n) is 5.43. The van der Waals surface area contributed by atoms with Crippen LogP contribution in [0.15, 0.2) is 41.3 Å². The Kier molecular flexibility index (Phi) is 5.64. The van der Waals surface area contributed by atoms with Crippen molar-refractivity contribution in [1.82, 2.24) is 0 Å². The first-order valence-corrected chi connectivity index (χ1v) is 11.0. The third-order valence-corrected chi connectivity index (χ3v) is 6.13. The lowest BCUT2D eigenvalue weighted by Gasteiger charge is -2.26. The molecular weight excluding hydrogens is 414 g/mol. The molecule has 4 rings (SSSR count). The smallest absolute Gasteiger partial charge is 0.257 e. The molecule has 160 valence electrons. The van der Waals surface area contributed by atoms with Crippen molar-refractivity contribution in [2.24, 2.45) is 0 Å². The van der Waals surface area contributed by atoms with Gasteiger partial charge >= 0.3 is 0 Å². The van der Waals surface area contributed by atoms with Gasteiger partial charge in [-0.2, -0.15) is 0 Å². The molecule has 6 nitrogen and oxygen atoms in total. The number of benzene rings is 2. The zero-order valence-electron chi connectivity index (χ0n) is 16.2. The van der Waals surface area contributed by atoms with E-state index in [1.54, 1.807) is 18.2 Å². The minimum Gasteiger partial charge on any atom is -0.493 e. The molecule has 2 aliphatic heterocycles. The van der Waals surface area contributed by atoms with Gasteiger partial charge in [0, 0.05) is 38.0 Å². The van der Waals surface area contributed by atoms with Crippen LogP contribution in [0.1, 0.15) is 35.2 Å². The summed E-state index contributed by atoms with van der Waals surface area (Å²) in [6.07, 6.45) is 0.604. The van der Waals surface area contributed by atoms with Crippen LogP contribution >= 0.6 is 0 Å². The quantitative estimate of drug-likeness (QED) is 0.718. The maximum absolute atomic E-state index is 13.8. The van der Waals surface area contributed by atoms with Gasteiger partial charge in [0.2, 0.25) is 5.92 Å². The van der Waals surface area contributed by atoms with Crippen molar-refractivity contribution < 1.29 is 26.7 Å². The number of fused-ring (bicyclic) bond motifs is 1. The molecule has 2 aromatic carbocycles. The van der Waals surface area contributed by atoms with Crippen molar-refractivity contribution in [2.45, 2.75) is 36.5 Å². The molecule has 1 saturated heterocycles. The standard InChI is InChI=1S/C21H22F2N2O4S/c22-21(23)6-2-8-25(9-7-21)18-11-14-5-10-29-19(14)13-17(18)20(26)24-15-3-1-4-16(12-15)30(27)28/h1,3-4,11-13,30H,2,5-10H2,(H,24,26). The van der Waals surface area contributed by atoms with E-state index in [0.717, 1.165) is 5.56 Å². The molecule has 1 amide bonds. The Morgan fingerprint density at radius 1 is 1.13 bits per heavy atom. The predicted molar refractivity (Wildman–Crippen MR) is 110 cm³/mol. The van der Waals surface area contributed by atoms with Crippen molar-refractivity contribution in [1.29, 1.82) is 0 Å². The Morgan fingerprint density at radius 2 is 1.97 bits per heavy atom. The van der Waals surface area contributed by atoms with Gasteiger partial charge in [-0.1, -0.05) is 6.07 Å². The first kappa shape index (κ1) is 20.6. The molecule has 1 fully saturated rings. The number of hydrogen-bond donors (Lipinski definition) is 2. The number of carbonyl (C=O) groups excluding carboxylic acids is 1. The topological polar surface area (TPSA) is 75.7 Å². The van der Waals surface area contributed by atoms with E-state index in [1.165, 1.54) is 12.1 Å². The normalized spacial score (nSPS) is 17.9. The van der Waals surface area contributed by atoms with E-state index in [0.29, 0.717) is 48.7 Å². The van der Waals surface area contributed by atoms with Gasteiger partial charge in [-0.05, 0) is 42.3 Å². The lowest BCUT2D eigenvalue weighted by Crippen LogP contribution is -2.28. The summed E-state index contributed by atoms with van der Waals surface area (Å²) in [6, 6.07) is 9.45. The second-order valence-electron chi connectivity index (χ2n) is 7.53. The molecule has 0 atom stereocenters. The van der Waals surface area contributed by atoms with Crippen LogP contribution in [0.4, 0.5) is 20.2 Å². The van der Waals surface area contributed by atoms with Crippen LogP contribution < -0.4 is 15.0 Å². The highest BCUT2D eigenvalue weighted by atomic mass is 32.2. The molecule has 0 spiro atoms. The van der Waals surface area contributed by atoms with E-state index >= 15 is 0 Å². The van der Waals surface area contributed by atoms with Gasteiger partial charge in [-0.25, -0.2) is 17.2 Å². The van der Waals surface area contributed by atoms with Crippen molar-refractivity contribution in [3.8, 4) is 5.75 Å². The maximum atomic E-state index is 13.8. The Bertz CT molecular complexity index is 1050. The second-order valence-corrected chi connectivity index (χ2v) is 8.56. The molecular formula is C21H22F2N2O4S.